The van der Waals surface area contributed by atoms with Crippen molar-refractivity contribution < 1.29 is 14.4 Å². The Morgan fingerprint density at radius 2 is 2.05 bits per heavy atom. The van der Waals surface area contributed by atoms with Gasteiger partial charge in [0.25, 0.3) is 0 Å². The van der Waals surface area contributed by atoms with Crippen molar-refractivity contribution in [3.05, 3.63) is 35.9 Å². The molecule has 0 saturated carbocycles. The molecule has 1 amide bonds. The summed E-state index contributed by atoms with van der Waals surface area (Å²) in [6.45, 7) is 2.05. The normalized spacial score (nSPS) is 19.7. The molecule has 0 atom stereocenters. The third kappa shape index (κ3) is 3.42. The van der Waals surface area contributed by atoms with Gasteiger partial charge in [-0.3, -0.25) is 4.79 Å². The number of carbonyl (C=O) groups is 1. The van der Waals surface area contributed by atoms with Crippen molar-refractivity contribution in [2.24, 2.45) is 5.16 Å². The minimum Gasteiger partial charge on any atom is -0.389 e. The Hall–Kier alpha value is -1.88. The topological polar surface area (TPSA) is 51.1 Å². The van der Waals surface area contributed by atoms with Crippen molar-refractivity contribution in [2.75, 3.05) is 19.7 Å². The number of oxime groups is 1. The van der Waals surface area contributed by atoms with Crippen LogP contribution >= 0.6 is 0 Å². The summed E-state index contributed by atoms with van der Waals surface area (Å²) in [7, 11) is 0. The van der Waals surface area contributed by atoms with Crippen molar-refractivity contribution in [3.8, 4) is 0 Å². The first-order valence-electron chi connectivity index (χ1n) is 7.37. The lowest BCUT2D eigenvalue weighted by Crippen LogP contribution is -2.47. The number of likely N-dealkylation sites (tertiary alicyclic amines) is 1. The summed E-state index contributed by atoms with van der Waals surface area (Å²) < 4.78 is 5.50. The van der Waals surface area contributed by atoms with E-state index in [9.17, 15) is 4.79 Å². The average Bonchev–Trinajstić information content (AvgIpc) is 2.97. The number of amides is 1. The van der Waals surface area contributed by atoms with Crippen LogP contribution in [0.2, 0.25) is 0 Å². The lowest BCUT2D eigenvalue weighted by molar-refractivity contribution is -0.142. The lowest BCUT2D eigenvalue weighted by Gasteiger charge is -2.37. The molecular formula is C16H20N2O3. The molecule has 0 aliphatic carbocycles. The number of hydrogen-bond donors (Lipinski definition) is 0. The molecule has 0 aromatic heterocycles. The van der Waals surface area contributed by atoms with Crippen molar-refractivity contribution in [2.45, 2.75) is 31.5 Å². The molecule has 0 N–H and O–H groups in total. The van der Waals surface area contributed by atoms with Crippen LogP contribution in [0.5, 0.6) is 0 Å². The standard InChI is InChI=1S/C16H20N2O3/c19-15(13-20-12-14-4-2-1-3-5-14)18-10-7-16(8-11-18)6-9-17-21-16/h1-5,9H,6-8,10-13H2. The molecule has 2 aliphatic heterocycles. The highest BCUT2D eigenvalue weighted by atomic mass is 16.7. The largest absolute Gasteiger partial charge is 0.389 e. The fourth-order valence-corrected chi connectivity index (χ4v) is 2.77. The molecule has 0 radical (unpaired) electrons. The van der Waals surface area contributed by atoms with Gasteiger partial charge in [0.1, 0.15) is 12.2 Å². The molecule has 1 saturated heterocycles. The van der Waals surface area contributed by atoms with E-state index in [1.54, 1.807) is 0 Å². The molecule has 0 bridgehead atoms. The summed E-state index contributed by atoms with van der Waals surface area (Å²) in [6.07, 6.45) is 4.37. The zero-order valence-electron chi connectivity index (χ0n) is 12.0. The Kier molecular flexibility index (Phi) is 4.20. The number of hydrogen-bond acceptors (Lipinski definition) is 4. The lowest BCUT2D eigenvalue weighted by atomic mass is 9.89. The summed E-state index contributed by atoms with van der Waals surface area (Å²) >= 11 is 0. The number of piperidine rings is 1. The second-order valence-corrected chi connectivity index (χ2v) is 5.63. The van der Waals surface area contributed by atoms with Gasteiger partial charge in [-0.2, -0.15) is 0 Å². The quantitative estimate of drug-likeness (QED) is 0.851. The summed E-state index contributed by atoms with van der Waals surface area (Å²) in [5.41, 5.74) is 0.932. The molecule has 1 fully saturated rings. The van der Waals surface area contributed by atoms with Gasteiger partial charge in [-0.25, -0.2) is 0 Å². The fraction of sp³-hybridized carbons (Fsp3) is 0.500. The van der Waals surface area contributed by atoms with Crippen molar-refractivity contribution in [1.29, 1.82) is 0 Å². The molecule has 3 rings (SSSR count). The Balaban J connectivity index is 1.40. The van der Waals surface area contributed by atoms with E-state index in [-0.39, 0.29) is 18.1 Å². The minimum absolute atomic E-state index is 0.0553. The second-order valence-electron chi connectivity index (χ2n) is 5.63. The summed E-state index contributed by atoms with van der Waals surface area (Å²) in [5, 5.41) is 3.86. The van der Waals surface area contributed by atoms with Gasteiger partial charge in [-0.05, 0) is 5.56 Å². The maximum Gasteiger partial charge on any atom is 0.248 e. The van der Waals surface area contributed by atoms with Crippen LogP contribution in [0.3, 0.4) is 0 Å². The van der Waals surface area contributed by atoms with E-state index in [4.69, 9.17) is 9.57 Å². The highest BCUT2D eigenvalue weighted by Gasteiger charge is 2.39. The molecule has 2 aliphatic rings. The average molecular weight is 288 g/mol. The number of nitrogens with zero attached hydrogens (tertiary/aromatic N) is 2. The van der Waals surface area contributed by atoms with Crippen LogP contribution in [-0.2, 0) is 21.0 Å². The predicted octanol–water partition coefficient (Wildman–Crippen LogP) is 1.97. The second kappa shape index (κ2) is 6.26. The number of benzene rings is 1. The molecule has 5 nitrogen and oxygen atoms in total. The molecule has 0 unspecified atom stereocenters. The van der Waals surface area contributed by atoms with Crippen molar-refractivity contribution in [1.82, 2.24) is 4.90 Å². The maximum absolute atomic E-state index is 12.1. The highest BCUT2D eigenvalue weighted by molar-refractivity contribution is 5.77. The molecule has 2 heterocycles. The Morgan fingerprint density at radius 3 is 2.71 bits per heavy atom. The zero-order valence-corrected chi connectivity index (χ0v) is 12.0. The van der Waals surface area contributed by atoms with Gasteiger partial charge in [0, 0.05) is 38.6 Å². The van der Waals surface area contributed by atoms with Crippen LogP contribution < -0.4 is 0 Å². The summed E-state index contributed by atoms with van der Waals surface area (Å²) in [4.78, 5) is 19.4. The Morgan fingerprint density at radius 1 is 1.29 bits per heavy atom. The van der Waals surface area contributed by atoms with E-state index in [1.807, 2.05) is 41.4 Å². The Bertz CT molecular complexity index is 498. The zero-order chi connectivity index (χ0) is 14.5. The third-order valence-corrected chi connectivity index (χ3v) is 4.15. The van der Waals surface area contributed by atoms with Crippen molar-refractivity contribution in [3.63, 3.8) is 0 Å². The minimum atomic E-state index is -0.151. The molecule has 1 aromatic carbocycles. The van der Waals surface area contributed by atoms with Crippen LogP contribution in [0.15, 0.2) is 35.5 Å². The molecule has 112 valence electrons. The predicted molar refractivity (Wildman–Crippen MR) is 78.8 cm³/mol. The number of carbonyl (C=O) groups excluding carboxylic acids is 1. The van der Waals surface area contributed by atoms with Gasteiger partial charge in [-0.15, -0.1) is 0 Å². The first-order valence-corrected chi connectivity index (χ1v) is 7.37. The van der Waals surface area contributed by atoms with E-state index in [2.05, 4.69) is 5.16 Å². The Labute approximate surface area is 124 Å². The first kappa shape index (κ1) is 14.1. The summed E-state index contributed by atoms with van der Waals surface area (Å²) in [6, 6.07) is 9.88. The molecular weight excluding hydrogens is 268 g/mol. The third-order valence-electron chi connectivity index (χ3n) is 4.15. The van der Waals surface area contributed by atoms with Crippen molar-refractivity contribution >= 4 is 12.1 Å². The SMILES string of the molecule is O=C(COCc1ccccc1)N1CCC2(CC=NO2)CC1. The molecule has 1 aromatic rings. The van der Waals surface area contributed by atoms with Gasteiger partial charge in [-0.1, -0.05) is 35.5 Å². The fourth-order valence-electron chi connectivity index (χ4n) is 2.77. The van der Waals surface area contributed by atoms with Gasteiger partial charge in [0.2, 0.25) is 5.91 Å². The molecule has 1 spiro atoms. The van der Waals surface area contributed by atoms with Gasteiger partial charge in [0.15, 0.2) is 0 Å². The van der Waals surface area contributed by atoms with Crippen LogP contribution in [0.4, 0.5) is 0 Å². The van der Waals surface area contributed by atoms with E-state index in [0.29, 0.717) is 6.61 Å². The van der Waals surface area contributed by atoms with Gasteiger partial charge >= 0.3 is 0 Å². The highest BCUT2D eigenvalue weighted by Crippen LogP contribution is 2.32. The van der Waals surface area contributed by atoms with Crippen LogP contribution in [0.25, 0.3) is 0 Å². The smallest absolute Gasteiger partial charge is 0.248 e. The number of ether oxygens (including phenoxy) is 1. The van der Waals surface area contributed by atoms with E-state index in [1.165, 1.54) is 0 Å². The van der Waals surface area contributed by atoms with Gasteiger partial charge in [0.05, 0.1) is 6.61 Å². The first-order chi connectivity index (χ1) is 10.3. The monoisotopic (exact) mass is 288 g/mol. The van der Waals surface area contributed by atoms with E-state index >= 15 is 0 Å². The molecule has 21 heavy (non-hydrogen) atoms. The number of rotatable bonds is 4. The van der Waals surface area contributed by atoms with Crippen LogP contribution in [-0.4, -0.2) is 42.3 Å². The van der Waals surface area contributed by atoms with E-state index in [0.717, 1.165) is 37.9 Å². The molecule has 5 heteroatoms. The van der Waals surface area contributed by atoms with Gasteiger partial charge < -0.3 is 14.5 Å². The summed E-state index contributed by atoms with van der Waals surface area (Å²) in [5.74, 6) is 0.0553. The van der Waals surface area contributed by atoms with Crippen LogP contribution in [0, 0.1) is 0 Å². The van der Waals surface area contributed by atoms with Crippen LogP contribution in [0.1, 0.15) is 24.8 Å². The van der Waals surface area contributed by atoms with E-state index < -0.39 is 0 Å². The maximum atomic E-state index is 12.1.